The van der Waals surface area contributed by atoms with Gasteiger partial charge in [-0.1, -0.05) is 42.4 Å². The van der Waals surface area contributed by atoms with Gasteiger partial charge in [0.2, 0.25) is 5.91 Å². The molecule has 3 heterocycles. The van der Waals surface area contributed by atoms with Gasteiger partial charge in [0.15, 0.2) is 10.8 Å². The molecule has 2 amide bonds. The van der Waals surface area contributed by atoms with E-state index in [2.05, 4.69) is 10.2 Å². The van der Waals surface area contributed by atoms with Crippen LogP contribution in [0.4, 0.5) is 0 Å². The van der Waals surface area contributed by atoms with Crippen molar-refractivity contribution in [3.63, 3.8) is 0 Å². The topological polar surface area (TPSA) is 67.6 Å². The van der Waals surface area contributed by atoms with Gasteiger partial charge in [0.1, 0.15) is 0 Å². The molecule has 1 aliphatic heterocycles. The van der Waals surface area contributed by atoms with Crippen LogP contribution in [0.5, 0.6) is 0 Å². The summed E-state index contributed by atoms with van der Waals surface area (Å²) in [7, 11) is 0. The second-order valence-corrected chi connectivity index (χ2v) is 7.34. The molecular formula is C19H18N4O2S. The molecule has 0 bridgehead atoms. The number of fused-ring (bicyclic) bond motifs is 1. The van der Waals surface area contributed by atoms with E-state index >= 15 is 0 Å². The quantitative estimate of drug-likeness (QED) is 0.667. The number of imide groups is 1. The number of hydrogen-bond acceptors (Lipinski definition) is 5. The summed E-state index contributed by atoms with van der Waals surface area (Å²) in [5.74, 6) is -0.372. The summed E-state index contributed by atoms with van der Waals surface area (Å²) in [4.78, 5) is 27.2. The summed E-state index contributed by atoms with van der Waals surface area (Å²) in [6.07, 6.45) is 4.33. The molecular weight excluding hydrogens is 348 g/mol. The summed E-state index contributed by atoms with van der Waals surface area (Å²) in [6.45, 7) is 0.463. The predicted octanol–water partition coefficient (Wildman–Crippen LogP) is 3.04. The maximum absolute atomic E-state index is 13.0. The first-order chi connectivity index (χ1) is 12.7. The highest BCUT2D eigenvalue weighted by atomic mass is 32.2. The largest absolute Gasteiger partial charge is 0.278 e. The van der Waals surface area contributed by atoms with Crippen molar-refractivity contribution in [1.82, 2.24) is 19.5 Å². The fraction of sp³-hybridized carbons (Fsp3) is 0.263. The summed E-state index contributed by atoms with van der Waals surface area (Å²) < 4.78 is 1.87. The molecule has 1 fully saturated rings. The second-order valence-electron chi connectivity index (χ2n) is 6.17. The van der Waals surface area contributed by atoms with E-state index in [9.17, 15) is 9.59 Å². The minimum Gasteiger partial charge on any atom is -0.278 e. The van der Waals surface area contributed by atoms with Crippen LogP contribution in [0.1, 0.15) is 29.6 Å². The molecule has 1 aromatic carbocycles. The number of likely N-dealkylation sites (tertiary alicyclic amines) is 1. The SMILES string of the molecule is O=C(c1ccccc1)N1CCCC[C@@H](Sc2nnc3ccccn23)C1=O. The van der Waals surface area contributed by atoms with Crippen LogP contribution in [0.25, 0.3) is 5.65 Å². The summed E-state index contributed by atoms with van der Waals surface area (Å²) in [5, 5.41) is 8.68. The Labute approximate surface area is 155 Å². The van der Waals surface area contributed by atoms with Gasteiger partial charge in [0.05, 0.1) is 5.25 Å². The van der Waals surface area contributed by atoms with Gasteiger partial charge in [0, 0.05) is 18.3 Å². The van der Waals surface area contributed by atoms with Crippen molar-refractivity contribution in [1.29, 1.82) is 0 Å². The molecule has 0 saturated carbocycles. The van der Waals surface area contributed by atoms with Gasteiger partial charge in [-0.25, -0.2) is 0 Å². The van der Waals surface area contributed by atoms with Crippen LogP contribution in [0.2, 0.25) is 0 Å². The van der Waals surface area contributed by atoms with Crippen molar-refractivity contribution < 1.29 is 9.59 Å². The van der Waals surface area contributed by atoms with Gasteiger partial charge >= 0.3 is 0 Å². The van der Waals surface area contributed by atoms with Gasteiger partial charge in [0.25, 0.3) is 5.91 Å². The first kappa shape index (κ1) is 16.8. The maximum Gasteiger partial charge on any atom is 0.260 e. The van der Waals surface area contributed by atoms with Crippen molar-refractivity contribution >= 4 is 29.2 Å². The third kappa shape index (κ3) is 3.22. The molecule has 1 atom stereocenters. The molecule has 0 spiro atoms. The zero-order chi connectivity index (χ0) is 17.9. The number of rotatable bonds is 3. The van der Waals surface area contributed by atoms with Crippen LogP contribution in [0.15, 0.2) is 59.9 Å². The Bertz CT molecular complexity index is 941. The van der Waals surface area contributed by atoms with Crippen LogP contribution in [0, 0.1) is 0 Å². The third-order valence-electron chi connectivity index (χ3n) is 4.44. The van der Waals surface area contributed by atoms with E-state index in [0.29, 0.717) is 17.3 Å². The zero-order valence-corrected chi connectivity index (χ0v) is 14.9. The average molecular weight is 366 g/mol. The van der Waals surface area contributed by atoms with E-state index in [4.69, 9.17) is 0 Å². The van der Waals surface area contributed by atoms with Gasteiger partial charge in [-0.2, -0.15) is 0 Å². The van der Waals surface area contributed by atoms with Gasteiger partial charge in [-0.15, -0.1) is 10.2 Å². The molecule has 1 saturated heterocycles. The minimum absolute atomic E-state index is 0.144. The molecule has 6 nitrogen and oxygen atoms in total. The highest BCUT2D eigenvalue weighted by Crippen LogP contribution is 2.29. The third-order valence-corrected chi connectivity index (χ3v) is 5.65. The first-order valence-electron chi connectivity index (χ1n) is 8.61. The number of hydrogen-bond donors (Lipinski definition) is 0. The van der Waals surface area contributed by atoms with Crippen molar-refractivity contribution in [2.75, 3.05) is 6.54 Å². The Morgan fingerprint density at radius 2 is 1.85 bits per heavy atom. The molecule has 0 N–H and O–H groups in total. The number of carbonyl (C=O) groups is 2. The number of pyridine rings is 1. The fourth-order valence-electron chi connectivity index (χ4n) is 3.08. The summed E-state index contributed by atoms with van der Waals surface area (Å²) in [6, 6.07) is 14.6. The lowest BCUT2D eigenvalue weighted by Crippen LogP contribution is -2.41. The van der Waals surface area contributed by atoms with E-state index in [1.807, 2.05) is 47.0 Å². The van der Waals surface area contributed by atoms with Crippen molar-refractivity contribution in [2.45, 2.75) is 29.7 Å². The molecule has 7 heteroatoms. The lowest BCUT2D eigenvalue weighted by atomic mass is 10.2. The Balaban J connectivity index is 1.58. The molecule has 4 rings (SSSR count). The number of aromatic nitrogens is 3. The van der Waals surface area contributed by atoms with Crippen LogP contribution in [-0.4, -0.2) is 43.1 Å². The van der Waals surface area contributed by atoms with Crippen LogP contribution >= 0.6 is 11.8 Å². The van der Waals surface area contributed by atoms with Crippen molar-refractivity contribution in [3.05, 3.63) is 60.3 Å². The minimum atomic E-state index is -0.335. The molecule has 0 aliphatic carbocycles. The second kappa shape index (κ2) is 7.29. The Kier molecular flexibility index (Phi) is 4.71. The number of benzene rings is 1. The summed E-state index contributed by atoms with van der Waals surface area (Å²) >= 11 is 1.38. The molecule has 3 aromatic rings. The Morgan fingerprint density at radius 1 is 1.04 bits per heavy atom. The zero-order valence-electron chi connectivity index (χ0n) is 14.1. The molecule has 0 radical (unpaired) electrons. The van der Waals surface area contributed by atoms with E-state index in [1.54, 1.807) is 12.1 Å². The van der Waals surface area contributed by atoms with Crippen LogP contribution < -0.4 is 0 Å². The average Bonchev–Trinajstić information content (AvgIpc) is 3.00. The molecule has 1 aliphatic rings. The number of amides is 2. The van der Waals surface area contributed by atoms with Crippen LogP contribution in [0.3, 0.4) is 0 Å². The summed E-state index contributed by atoms with van der Waals surface area (Å²) in [5.41, 5.74) is 1.28. The van der Waals surface area contributed by atoms with E-state index < -0.39 is 0 Å². The fourth-order valence-corrected chi connectivity index (χ4v) is 4.20. The predicted molar refractivity (Wildman–Crippen MR) is 99.0 cm³/mol. The highest BCUT2D eigenvalue weighted by molar-refractivity contribution is 8.00. The van der Waals surface area contributed by atoms with Gasteiger partial charge in [-0.05, 0) is 37.1 Å². The Morgan fingerprint density at radius 3 is 2.69 bits per heavy atom. The molecule has 132 valence electrons. The van der Waals surface area contributed by atoms with E-state index in [0.717, 1.165) is 24.9 Å². The van der Waals surface area contributed by atoms with Crippen molar-refractivity contribution in [2.24, 2.45) is 0 Å². The number of nitrogens with zero attached hydrogens (tertiary/aromatic N) is 4. The molecule has 26 heavy (non-hydrogen) atoms. The van der Waals surface area contributed by atoms with E-state index in [1.165, 1.54) is 16.7 Å². The number of carbonyl (C=O) groups excluding carboxylic acids is 2. The lowest BCUT2D eigenvalue weighted by molar-refractivity contribution is -0.127. The molecule has 0 unspecified atom stereocenters. The normalized spacial score (nSPS) is 18.1. The van der Waals surface area contributed by atoms with Gasteiger partial charge < -0.3 is 0 Å². The van der Waals surface area contributed by atoms with Gasteiger partial charge in [-0.3, -0.25) is 18.9 Å². The first-order valence-corrected chi connectivity index (χ1v) is 9.49. The lowest BCUT2D eigenvalue weighted by Gasteiger charge is -2.22. The standard InChI is InChI=1S/C19H18N4O2S/c24-17(14-8-2-1-3-9-14)23-13-6-4-10-15(18(23)25)26-19-21-20-16-11-5-7-12-22(16)19/h1-3,5,7-9,11-12,15H,4,6,10,13H2/t15-/m1/s1. The van der Waals surface area contributed by atoms with Crippen LogP contribution in [-0.2, 0) is 4.79 Å². The smallest absolute Gasteiger partial charge is 0.260 e. The highest BCUT2D eigenvalue weighted by Gasteiger charge is 2.33. The monoisotopic (exact) mass is 366 g/mol. The van der Waals surface area contributed by atoms with E-state index in [-0.39, 0.29) is 17.1 Å². The maximum atomic E-state index is 13.0. The van der Waals surface area contributed by atoms with Crippen molar-refractivity contribution in [3.8, 4) is 0 Å². The Hall–Kier alpha value is -2.67. The number of thioether (sulfide) groups is 1. The molecule has 2 aromatic heterocycles.